The van der Waals surface area contributed by atoms with E-state index >= 15 is 0 Å². The summed E-state index contributed by atoms with van der Waals surface area (Å²) in [7, 11) is 0. The van der Waals surface area contributed by atoms with Crippen molar-refractivity contribution in [2.45, 2.75) is 12.2 Å². The molecule has 0 bridgehead atoms. The summed E-state index contributed by atoms with van der Waals surface area (Å²) in [4.78, 5) is 31.1. The van der Waals surface area contributed by atoms with Crippen molar-refractivity contribution in [1.29, 1.82) is 0 Å². The van der Waals surface area contributed by atoms with E-state index in [1.54, 1.807) is 0 Å². The van der Waals surface area contributed by atoms with Crippen LogP contribution >= 0.6 is 0 Å². The summed E-state index contributed by atoms with van der Waals surface area (Å²) in [5.41, 5.74) is 0. The number of rotatable bonds is 5. The van der Waals surface area contributed by atoms with Crippen LogP contribution in [-0.2, 0) is 19.1 Å². The molecule has 78 valence electrons. The Labute approximate surface area is 78.2 Å². The van der Waals surface area contributed by atoms with E-state index in [9.17, 15) is 14.4 Å². The van der Waals surface area contributed by atoms with E-state index in [2.05, 4.69) is 11.3 Å². The van der Waals surface area contributed by atoms with Crippen LogP contribution in [0.15, 0.2) is 12.7 Å². The lowest BCUT2D eigenvalue weighted by Crippen LogP contribution is -2.44. The number of hydrogen-bond acceptors (Lipinski definition) is 5. The minimum atomic E-state index is -3.06. The van der Waals surface area contributed by atoms with Crippen LogP contribution in [0.1, 0.15) is 6.42 Å². The van der Waals surface area contributed by atoms with Crippen molar-refractivity contribution < 1.29 is 34.4 Å². The second-order valence-electron chi connectivity index (χ2n) is 2.29. The first-order valence-corrected chi connectivity index (χ1v) is 3.35. The third-order valence-corrected chi connectivity index (χ3v) is 1.16. The first kappa shape index (κ1) is 12.1. The van der Waals surface area contributed by atoms with E-state index in [-0.39, 0.29) is 0 Å². The van der Waals surface area contributed by atoms with Gasteiger partial charge in [0.25, 0.3) is 0 Å². The largest absolute Gasteiger partial charge is 0.481 e. The van der Waals surface area contributed by atoms with Crippen LogP contribution in [0.3, 0.4) is 0 Å². The van der Waals surface area contributed by atoms with Crippen LogP contribution in [0.4, 0.5) is 0 Å². The van der Waals surface area contributed by atoms with E-state index < -0.39 is 30.1 Å². The minimum absolute atomic E-state index is 0.607. The van der Waals surface area contributed by atoms with Gasteiger partial charge in [0.05, 0.1) is 0 Å². The standard InChI is InChI=1S/C7H8O7/c1-2-5(10)14-7(13,6(11)12)3-4(8)9/h2,13H,1,3H2,(H,8,9)(H,11,12). The number of ether oxygens (including phenoxy) is 1. The van der Waals surface area contributed by atoms with Crippen molar-refractivity contribution in [3.63, 3.8) is 0 Å². The van der Waals surface area contributed by atoms with Crippen molar-refractivity contribution in [2.24, 2.45) is 0 Å². The average molecular weight is 204 g/mol. The Balaban J connectivity index is 4.71. The third kappa shape index (κ3) is 3.23. The normalized spacial score (nSPS) is 13.8. The molecule has 7 heteroatoms. The van der Waals surface area contributed by atoms with Crippen LogP contribution in [-0.4, -0.2) is 39.0 Å². The molecule has 0 heterocycles. The lowest BCUT2D eigenvalue weighted by Gasteiger charge is -2.20. The molecule has 0 aromatic rings. The van der Waals surface area contributed by atoms with Crippen LogP contribution in [0.5, 0.6) is 0 Å². The van der Waals surface area contributed by atoms with Gasteiger partial charge in [-0.15, -0.1) is 0 Å². The monoisotopic (exact) mass is 204 g/mol. The lowest BCUT2D eigenvalue weighted by atomic mass is 10.2. The van der Waals surface area contributed by atoms with Crippen molar-refractivity contribution >= 4 is 17.9 Å². The molecule has 0 aromatic carbocycles. The van der Waals surface area contributed by atoms with E-state index in [0.29, 0.717) is 6.08 Å². The Morgan fingerprint density at radius 3 is 2.14 bits per heavy atom. The number of carbonyl (C=O) groups is 3. The van der Waals surface area contributed by atoms with Gasteiger partial charge in [-0.05, 0) is 0 Å². The van der Waals surface area contributed by atoms with Gasteiger partial charge in [0.1, 0.15) is 6.42 Å². The Morgan fingerprint density at radius 1 is 1.36 bits per heavy atom. The molecule has 0 aliphatic heterocycles. The first-order chi connectivity index (χ1) is 6.31. The first-order valence-electron chi connectivity index (χ1n) is 3.35. The predicted octanol–water partition coefficient (Wildman–Crippen LogP) is -1.04. The second kappa shape index (κ2) is 4.38. The molecule has 0 radical (unpaired) electrons. The molecule has 0 rings (SSSR count). The van der Waals surface area contributed by atoms with Crippen LogP contribution in [0.25, 0.3) is 0 Å². The van der Waals surface area contributed by atoms with Crippen molar-refractivity contribution in [3.05, 3.63) is 12.7 Å². The van der Waals surface area contributed by atoms with Gasteiger partial charge in [-0.3, -0.25) is 4.79 Å². The second-order valence-corrected chi connectivity index (χ2v) is 2.29. The van der Waals surface area contributed by atoms with Gasteiger partial charge in [0, 0.05) is 6.08 Å². The number of carbonyl (C=O) groups excluding carboxylic acids is 1. The van der Waals surface area contributed by atoms with E-state index in [1.165, 1.54) is 0 Å². The van der Waals surface area contributed by atoms with E-state index in [0.717, 1.165) is 0 Å². The molecule has 0 aliphatic carbocycles. The summed E-state index contributed by atoms with van der Waals surface area (Å²) in [6.07, 6.45) is -0.641. The van der Waals surface area contributed by atoms with Crippen LogP contribution < -0.4 is 0 Å². The fourth-order valence-electron chi connectivity index (χ4n) is 0.568. The summed E-state index contributed by atoms with van der Waals surface area (Å²) in [5.74, 6) is -7.87. The SMILES string of the molecule is C=CC(=O)OC(O)(CC(=O)O)C(=O)O. The smallest absolute Gasteiger partial charge is 0.377 e. The Morgan fingerprint density at radius 2 is 1.86 bits per heavy atom. The Hall–Kier alpha value is -1.89. The average Bonchev–Trinajstić information content (AvgIpc) is 2.02. The molecule has 0 aromatic heterocycles. The maximum Gasteiger partial charge on any atom is 0.377 e. The maximum absolute atomic E-state index is 10.6. The Bertz CT molecular complexity index is 282. The van der Waals surface area contributed by atoms with Gasteiger partial charge in [0.15, 0.2) is 0 Å². The number of hydrogen-bond donors (Lipinski definition) is 3. The molecule has 7 nitrogen and oxygen atoms in total. The van der Waals surface area contributed by atoms with Crippen molar-refractivity contribution in [1.82, 2.24) is 0 Å². The molecule has 3 N–H and O–H groups in total. The zero-order valence-electron chi connectivity index (χ0n) is 6.97. The summed E-state index contributed by atoms with van der Waals surface area (Å²) in [6.45, 7) is 2.96. The molecule has 0 saturated heterocycles. The summed E-state index contributed by atoms with van der Waals surface area (Å²) in [5, 5.41) is 25.7. The summed E-state index contributed by atoms with van der Waals surface area (Å²) < 4.78 is 3.98. The molecule has 1 atom stereocenters. The van der Waals surface area contributed by atoms with E-state index in [4.69, 9.17) is 15.3 Å². The van der Waals surface area contributed by atoms with Gasteiger partial charge in [-0.25, -0.2) is 9.59 Å². The predicted molar refractivity (Wildman–Crippen MR) is 41.1 cm³/mol. The van der Waals surface area contributed by atoms with Crippen LogP contribution in [0, 0.1) is 0 Å². The van der Waals surface area contributed by atoms with Gasteiger partial charge in [-0.1, -0.05) is 6.58 Å². The topological polar surface area (TPSA) is 121 Å². The number of carboxylic acids is 2. The highest BCUT2D eigenvalue weighted by Crippen LogP contribution is 2.13. The summed E-state index contributed by atoms with van der Waals surface area (Å²) in [6, 6.07) is 0. The number of carboxylic acid groups (broad SMARTS) is 2. The third-order valence-electron chi connectivity index (χ3n) is 1.16. The van der Waals surface area contributed by atoms with Crippen molar-refractivity contribution in [2.75, 3.05) is 0 Å². The number of esters is 1. The Kier molecular flexibility index (Phi) is 3.78. The lowest BCUT2D eigenvalue weighted by molar-refractivity contribution is -0.223. The highest BCUT2D eigenvalue weighted by atomic mass is 16.7. The van der Waals surface area contributed by atoms with E-state index in [1.807, 2.05) is 0 Å². The highest BCUT2D eigenvalue weighted by Gasteiger charge is 2.42. The fourth-order valence-corrected chi connectivity index (χ4v) is 0.568. The van der Waals surface area contributed by atoms with Gasteiger partial charge >= 0.3 is 23.7 Å². The maximum atomic E-state index is 10.6. The molecular weight excluding hydrogens is 196 g/mol. The molecule has 14 heavy (non-hydrogen) atoms. The summed E-state index contributed by atoms with van der Waals surface area (Å²) >= 11 is 0. The van der Waals surface area contributed by atoms with Gasteiger partial charge in [-0.2, -0.15) is 0 Å². The zero-order valence-corrected chi connectivity index (χ0v) is 6.97. The molecule has 0 aliphatic rings. The molecule has 0 amide bonds. The van der Waals surface area contributed by atoms with Gasteiger partial charge in [0.2, 0.25) is 0 Å². The molecule has 0 saturated carbocycles. The number of aliphatic carboxylic acids is 2. The quantitative estimate of drug-likeness (QED) is 0.297. The van der Waals surface area contributed by atoms with Crippen LogP contribution in [0.2, 0.25) is 0 Å². The fraction of sp³-hybridized carbons (Fsp3) is 0.286. The molecule has 1 unspecified atom stereocenters. The van der Waals surface area contributed by atoms with Gasteiger partial charge < -0.3 is 20.1 Å². The minimum Gasteiger partial charge on any atom is -0.481 e. The zero-order chi connectivity index (χ0) is 11.4. The highest BCUT2D eigenvalue weighted by molar-refractivity contribution is 5.88. The van der Waals surface area contributed by atoms with Crippen molar-refractivity contribution in [3.8, 4) is 0 Å². The number of aliphatic hydroxyl groups is 1. The molecular formula is C7H8O7. The molecule has 0 fully saturated rings. The molecule has 0 spiro atoms.